The van der Waals surface area contributed by atoms with Gasteiger partial charge in [-0.2, -0.15) is 0 Å². The van der Waals surface area contributed by atoms with E-state index in [1.165, 1.54) is 11.8 Å². The lowest BCUT2D eigenvalue weighted by Crippen LogP contribution is -2.26. The van der Waals surface area contributed by atoms with Crippen LogP contribution in [0.2, 0.25) is 0 Å². The minimum atomic E-state index is -2.94. The second-order valence-electron chi connectivity index (χ2n) is 4.75. The third kappa shape index (κ3) is 5.57. The van der Waals surface area contributed by atoms with Gasteiger partial charge >= 0.3 is 0 Å². The molecule has 19 heavy (non-hydrogen) atoms. The average Bonchev–Trinajstić information content (AvgIpc) is 2.33. The molecule has 1 aromatic rings. The molecule has 0 spiro atoms. The first-order valence-corrected chi connectivity index (χ1v) is 8.45. The summed E-state index contributed by atoms with van der Waals surface area (Å²) in [5.74, 6) is 0.949. The molecule has 1 aromatic heterocycles. The van der Waals surface area contributed by atoms with Gasteiger partial charge in [-0.15, -0.1) is 0 Å². The fraction of sp³-hybridized carbons (Fsp3) is 0.615. The van der Waals surface area contributed by atoms with Crippen molar-refractivity contribution in [2.24, 2.45) is 0 Å². The summed E-state index contributed by atoms with van der Waals surface area (Å²) in [7, 11) is -1.08. The molecule has 0 saturated carbocycles. The van der Waals surface area contributed by atoms with Crippen molar-refractivity contribution in [2.75, 3.05) is 37.0 Å². The van der Waals surface area contributed by atoms with Crippen molar-refractivity contribution in [3.63, 3.8) is 0 Å². The lowest BCUT2D eigenvalue weighted by molar-refractivity contribution is 0.601. The maximum atomic E-state index is 11.2. The smallest absolute Gasteiger partial charge is 0.149 e. The minimum Gasteiger partial charge on any atom is -0.359 e. The molecule has 0 aliphatic rings. The van der Waals surface area contributed by atoms with Crippen LogP contribution in [0, 0.1) is 6.92 Å². The Balaban J connectivity index is 2.71. The van der Waals surface area contributed by atoms with Gasteiger partial charge in [-0.05, 0) is 25.1 Å². The Morgan fingerprint density at radius 1 is 1.37 bits per heavy atom. The topological polar surface area (TPSA) is 62.3 Å². The number of nitrogens with one attached hydrogen (secondary N) is 1. The van der Waals surface area contributed by atoms with Crippen molar-refractivity contribution in [3.8, 4) is 0 Å². The summed E-state index contributed by atoms with van der Waals surface area (Å²) < 4.78 is 22.3. The van der Waals surface area contributed by atoms with Crippen molar-refractivity contribution in [1.29, 1.82) is 0 Å². The van der Waals surface area contributed by atoms with Gasteiger partial charge in [0.2, 0.25) is 0 Å². The van der Waals surface area contributed by atoms with Crippen LogP contribution in [0.25, 0.3) is 0 Å². The number of pyridine rings is 1. The molecular formula is C13H23N3O2S. The lowest BCUT2D eigenvalue weighted by Gasteiger charge is -2.19. The van der Waals surface area contributed by atoms with Gasteiger partial charge in [-0.1, -0.05) is 13.0 Å². The number of sulfone groups is 1. The Bertz CT molecular complexity index is 515. The fourth-order valence-electron chi connectivity index (χ4n) is 1.65. The normalized spacial score (nSPS) is 11.6. The van der Waals surface area contributed by atoms with Crippen LogP contribution >= 0.6 is 0 Å². The third-order valence-electron chi connectivity index (χ3n) is 2.93. The Labute approximate surface area is 116 Å². The van der Waals surface area contributed by atoms with E-state index in [0.717, 1.165) is 24.6 Å². The zero-order valence-electron chi connectivity index (χ0n) is 12.1. The Morgan fingerprint density at radius 3 is 2.58 bits per heavy atom. The highest BCUT2D eigenvalue weighted by atomic mass is 32.2. The first-order chi connectivity index (χ1) is 8.83. The predicted octanol–water partition coefficient (Wildman–Crippen LogP) is 0.980. The summed E-state index contributed by atoms with van der Waals surface area (Å²) in [5, 5.41) is 3.27. The molecule has 0 amide bonds. The fourth-order valence-corrected chi connectivity index (χ4v) is 2.26. The first-order valence-electron chi connectivity index (χ1n) is 6.39. The summed E-state index contributed by atoms with van der Waals surface area (Å²) in [6.45, 7) is 6.23. The lowest BCUT2D eigenvalue weighted by atomic mass is 10.2. The highest BCUT2D eigenvalue weighted by molar-refractivity contribution is 7.90. The summed E-state index contributed by atoms with van der Waals surface area (Å²) in [6.07, 6.45) is 1.25. The second-order valence-corrected chi connectivity index (χ2v) is 7.01. The van der Waals surface area contributed by atoms with Crippen molar-refractivity contribution < 1.29 is 8.42 Å². The molecule has 5 nitrogen and oxygen atoms in total. The average molecular weight is 285 g/mol. The molecule has 108 valence electrons. The number of hydrogen-bond donors (Lipinski definition) is 1. The molecule has 0 fully saturated rings. The molecule has 0 bridgehead atoms. The number of nitrogens with zero attached hydrogens (tertiary/aromatic N) is 2. The van der Waals surface area contributed by atoms with Gasteiger partial charge in [0.05, 0.1) is 5.75 Å². The monoisotopic (exact) mass is 285 g/mol. The van der Waals surface area contributed by atoms with Gasteiger partial charge in [-0.25, -0.2) is 13.4 Å². The van der Waals surface area contributed by atoms with Crippen molar-refractivity contribution in [2.45, 2.75) is 20.4 Å². The van der Waals surface area contributed by atoms with Gasteiger partial charge in [0, 0.05) is 32.1 Å². The van der Waals surface area contributed by atoms with Gasteiger partial charge < -0.3 is 10.2 Å². The van der Waals surface area contributed by atoms with E-state index >= 15 is 0 Å². The standard InChI is InChI=1S/C13H23N3O2S/c1-5-14-10-12-6-7-13(15-11(12)2)16(3)8-9-19(4,17)18/h6-7,14H,5,8-10H2,1-4H3. The highest BCUT2D eigenvalue weighted by Gasteiger charge is 2.09. The third-order valence-corrected chi connectivity index (χ3v) is 3.86. The number of aromatic nitrogens is 1. The number of aryl methyl sites for hydroxylation is 1. The molecule has 0 radical (unpaired) electrons. The van der Waals surface area contributed by atoms with E-state index in [2.05, 4.69) is 17.2 Å². The molecular weight excluding hydrogens is 262 g/mol. The maximum Gasteiger partial charge on any atom is 0.149 e. The van der Waals surface area contributed by atoms with Crippen molar-refractivity contribution in [1.82, 2.24) is 10.3 Å². The Kier molecular flexibility index (Phi) is 5.75. The molecule has 6 heteroatoms. The van der Waals surface area contributed by atoms with Gasteiger partial charge in [0.25, 0.3) is 0 Å². The van der Waals surface area contributed by atoms with E-state index in [4.69, 9.17) is 0 Å². The molecule has 1 N–H and O–H groups in total. The van der Waals surface area contributed by atoms with Crippen LogP contribution < -0.4 is 10.2 Å². The Morgan fingerprint density at radius 2 is 2.05 bits per heavy atom. The van der Waals surface area contributed by atoms with Crippen LogP contribution in [0.3, 0.4) is 0 Å². The predicted molar refractivity (Wildman–Crippen MR) is 79.3 cm³/mol. The summed E-state index contributed by atoms with van der Waals surface area (Å²) >= 11 is 0. The van der Waals surface area contributed by atoms with Crippen molar-refractivity contribution >= 4 is 15.7 Å². The van der Waals surface area contributed by atoms with Crippen LogP contribution in [0.1, 0.15) is 18.2 Å². The van der Waals surface area contributed by atoms with E-state index < -0.39 is 9.84 Å². The Hall–Kier alpha value is -1.14. The number of hydrogen-bond acceptors (Lipinski definition) is 5. The van der Waals surface area contributed by atoms with Crippen molar-refractivity contribution in [3.05, 3.63) is 23.4 Å². The van der Waals surface area contributed by atoms with E-state index in [0.29, 0.717) is 6.54 Å². The maximum absolute atomic E-state index is 11.2. The van der Waals surface area contributed by atoms with Gasteiger partial charge in [0.1, 0.15) is 15.7 Å². The SMILES string of the molecule is CCNCc1ccc(N(C)CCS(C)(=O)=O)nc1C. The summed E-state index contributed by atoms with van der Waals surface area (Å²) in [4.78, 5) is 6.38. The molecule has 0 aliphatic carbocycles. The number of anilines is 1. The van der Waals surface area contributed by atoms with Crippen LogP contribution in [-0.2, 0) is 16.4 Å². The first kappa shape index (κ1) is 15.9. The van der Waals surface area contributed by atoms with Crippen LogP contribution in [0.15, 0.2) is 12.1 Å². The molecule has 0 aromatic carbocycles. The molecule has 0 aliphatic heterocycles. The van der Waals surface area contributed by atoms with E-state index in [-0.39, 0.29) is 5.75 Å². The van der Waals surface area contributed by atoms with Gasteiger partial charge in [-0.3, -0.25) is 0 Å². The van der Waals surface area contributed by atoms with E-state index in [9.17, 15) is 8.42 Å². The van der Waals surface area contributed by atoms with E-state index in [1.54, 1.807) is 0 Å². The van der Waals surface area contributed by atoms with Crippen LogP contribution in [0.4, 0.5) is 5.82 Å². The highest BCUT2D eigenvalue weighted by Crippen LogP contribution is 2.13. The largest absolute Gasteiger partial charge is 0.359 e. The van der Waals surface area contributed by atoms with Crippen LogP contribution in [0.5, 0.6) is 0 Å². The zero-order valence-corrected chi connectivity index (χ0v) is 12.9. The quantitative estimate of drug-likeness (QED) is 0.809. The molecule has 1 heterocycles. The molecule has 0 unspecified atom stereocenters. The molecule has 0 atom stereocenters. The molecule has 0 saturated heterocycles. The van der Waals surface area contributed by atoms with Crippen LogP contribution in [-0.4, -0.2) is 45.5 Å². The number of rotatable bonds is 7. The van der Waals surface area contributed by atoms with Gasteiger partial charge in [0.15, 0.2) is 0 Å². The summed E-state index contributed by atoms with van der Waals surface area (Å²) in [6, 6.07) is 3.97. The zero-order chi connectivity index (χ0) is 14.5. The second kappa shape index (κ2) is 6.86. The van der Waals surface area contributed by atoms with E-state index in [1.807, 2.05) is 31.0 Å². The minimum absolute atomic E-state index is 0.142. The summed E-state index contributed by atoms with van der Waals surface area (Å²) in [5.41, 5.74) is 2.15. The molecule has 1 rings (SSSR count).